The highest BCUT2D eigenvalue weighted by Gasteiger charge is 2.27. The summed E-state index contributed by atoms with van der Waals surface area (Å²) in [6.07, 6.45) is 1.75. The van der Waals surface area contributed by atoms with Crippen molar-refractivity contribution in [1.82, 2.24) is 34.8 Å². The Kier molecular flexibility index (Phi) is 2.78. The fourth-order valence-electron chi connectivity index (χ4n) is 2.46. The number of tetrazole rings is 1. The first-order valence-electron chi connectivity index (χ1n) is 6.71. The quantitative estimate of drug-likeness (QED) is 0.646. The van der Waals surface area contributed by atoms with Gasteiger partial charge in [-0.3, -0.25) is 4.40 Å². The lowest BCUT2D eigenvalue weighted by molar-refractivity contribution is 0.0332. The maximum Gasteiger partial charge on any atom is 0.231 e. The molecule has 0 amide bonds. The van der Waals surface area contributed by atoms with E-state index in [0.29, 0.717) is 19.0 Å². The first kappa shape index (κ1) is 12.2. The highest BCUT2D eigenvalue weighted by atomic mass is 16.5. The molecule has 0 aliphatic carbocycles. The van der Waals surface area contributed by atoms with E-state index in [1.54, 1.807) is 7.05 Å². The number of morpholine rings is 1. The standard InChI is InChI=1S/C12H14N8O/c1-18-16-11(14-17-18)9-8-19(6-7-21-9)12-15-13-10-4-2-3-5-20(10)12/h2-5,9H,6-8H2,1H3. The van der Waals surface area contributed by atoms with Crippen molar-refractivity contribution in [2.24, 2.45) is 7.05 Å². The molecule has 0 saturated carbocycles. The van der Waals surface area contributed by atoms with E-state index < -0.39 is 0 Å². The summed E-state index contributed by atoms with van der Waals surface area (Å²) in [7, 11) is 1.74. The van der Waals surface area contributed by atoms with E-state index in [4.69, 9.17) is 4.74 Å². The van der Waals surface area contributed by atoms with Gasteiger partial charge < -0.3 is 9.64 Å². The molecular weight excluding hydrogens is 272 g/mol. The van der Waals surface area contributed by atoms with E-state index in [2.05, 4.69) is 30.5 Å². The maximum atomic E-state index is 5.74. The van der Waals surface area contributed by atoms with E-state index >= 15 is 0 Å². The number of ether oxygens (including phenoxy) is 1. The minimum Gasteiger partial charge on any atom is -0.366 e. The average molecular weight is 286 g/mol. The Bertz CT molecular complexity index is 765. The second kappa shape index (κ2) is 4.77. The molecule has 1 aliphatic rings. The molecule has 1 atom stereocenters. The summed E-state index contributed by atoms with van der Waals surface area (Å²) >= 11 is 0. The van der Waals surface area contributed by atoms with Crippen molar-refractivity contribution in [3.05, 3.63) is 30.2 Å². The van der Waals surface area contributed by atoms with Gasteiger partial charge in [-0.2, -0.15) is 4.80 Å². The Morgan fingerprint density at radius 3 is 3.05 bits per heavy atom. The minimum atomic E-state index is -0.205. The zero-order valence-electron chi connectivity index (χ0n) is 11.5. The second-order valence-corrected chi connectivity index (χ2v) is 4.87. The molecule has 4 rings (SSSR count). The van der Waals surface area contributed by atoms with Gasteiger partial charge in [0.05, 0.1) is 20.2 Å². The highest BCUT2D eigenvalue weighted by molar-refractivity contribution is 5.46. The normalized spacial score (nSPS) is 19.3. The zero-order chi connectivity index (χ0) is 14.2. The Morgan fingerprint density at radius 2 is 2.19 bits per heavy atom. The van der Waals surface area contributed by atoms with E-state index in [9.17, 15) is 0 Å². The number of hydrogen-bond donors (Lipinski definition) is 0. The third kappa shape index (κ3) is 2.11. The van der Waals surface area contributed by atoms with Gasteiger partial charge in [0.1, 0.15) is 6.10 Å². The largest absolute Gasteiger partial charge is 0.366 e. The van der Waals surface area contributed by atoms with Crippen LogP contribution in [0.25, 0.3) is 5.65 Å². The summed E-state index contributed by atoms with van der Waals surface area (Å²) < 4.78 is 7.71. The predicted octanol–water partition coefficient (Wildman–Crippen LogP) is -0.169. The van der Waals surface area contributed by atoms with Crippen LogP contribution in [0.15, 0.2) is 24.4 Å². The molecule has 9 heteroatoms. The molecule has 0 radical (unpaired) electrons. The molecule has 0 bridgehead atoms. The van der Waals surface area contributed by atoms with Crippen molar-refractivity contribution in [3.63, 3.8) is 0 Å². The van der Waals surface area contributed by atoms with E-state index in [1.807, 2.05) is 28.8 Å². The van der Waals surface area contributed by atoms with Gasteiger partial charge in [-0.15, -0.1) is 20.4 Å². The van der Waals surface area contributed by atoms with Crippen molar-refractivity contribution in [3.8, 4) is 0 Å². The smallest absolute Gasteiger partial charge is 0.231 e. The molecule has 0 N–H and O–H groups in total. The van der Waals surface area contributed by atoms with Crippen LogP contribution in [-0.4, -0.2) is 54.5 Å². The lowest BCUT2D eigenvalue weighted by atomic mass is 10.2. The van der Waals surface area contributed by atoms with Crippen molar-refractivity contribution < 1.29 is 4.74 Å². The van der Waals surface area contributed by atoms with Crippen molar-refractivity contribution in [1.29, 1.82) is 0 Å². The molecular formula is C12H14N8O. The van der Waals surface area contributed by atoms with Gasteiger partial charge in [-0.1, -0.05) is 6.07 Å². The number of aryl methyl sites for hydroxylation is 1. The van der Waals surface area contributed by atoms with Crippen LogP contribution in [0.4, 0.5) is 5.95 Å². The Balaban J connectivity index is 1.63. The van der Waals surface area contributed by atoms with Crippen LogP contribution >= 0.6 is 0 Å². The second-order valence-electron chi connectivity index (χ2n) is 4.87. The zero-order valence-corrected chi connectivity index (χ0v) is 11.5. The highest BCUT2D eigenvalue weighted by Crippen LogP contribution is 2.22. The van der Waals surface area contributed by atoms with Gasteiger partial charge in [0, 0.05) is 12.7 Å². The van der Waals surface area contributed by atoms with Gasteiger partial charge >= 0.3 is 0 Å². The molecule has 1 aliphatic heterocycles. The van der Waals surface area contributed by atoms with Gasteiger partial charge in [0.25, 0.3) is 0 Å². The minimum absolute atomic E-state index is 0.205. The Labute approximate surface area is 120 Å². The summed E-state index contributed by atoms with van der Waals surface area (Å²) in [6.45, 7) is 1.97. The number of aromatic nitrogens is 7. The topological polar surface area (TPSA) is 86.3 Å². The molecule has 0 aromatic carbocycles. The van der Waals surface area contributed by atoms with Crippen molar-refractivity contribution in [2.75, 3.05) is 24.6 Å². The maximum absolute atomic E-state index is 5.74. The third-order valence-corrected chi connectivity index (χ3v) is 3.46. The summed E-state index contributed by atoms with van der Waals surface area (Å²) in [5.74, 6) is 1.40. The Morgan fingerprint density at radius 1 is 1.24 bits per heavy atom. The number of nitrogens with zero attached hydrogens (tertiary/aromatic N) is 8. The SMILES string of the molecule is Cn1nnc(C2CN(c3nnc4ccccn34)CCO2)n1. The molecule has 1 unspecified atom stereocenters. The first-order chi connectivity index (χ1) is 10.3. The number of rotatable bonds is 2. The van der Waals surface area contributed by atoms with Crippen molar-refractivity contribution in [2.45, 2.75) is 6.10 Å². The van der Waals surface area contributed by atoms with E-state index in [0.717, 1.165) is 18.1 Å². The molecule has 1 saturated heterocycles. The summed E-state index contributed by atoms with van der Waals surface area (Å²) in [6, 6.07) is 5.83. The fourth-order valence-corrected chi connectivity index (χ4v) is 2.46. The molecule has 4 heterocycles. The van der Waals surface area contributed by atoms with Crippen LogP contribution in [-0.2, 0) is 11.8 Å². The molecule has 3 aromatic rings. The van der Waals surface area contributed by atoms with Crippen LogP contribution in [0.2, 0.25) is 0 Å². The number of hydrogen-bond acceptors (Lipinski definition) is 7. The van der Waals surface area contributed by atoms with Crippen LogP contribution in [0.5, 0.6) is 0 Å². The van der Waals surface area contributed by atoms with Crippen LogP contribution in [0, 0.1) is 0 Å². The summed E-state index contributed by atoms with van der Waals surface area (Å²) in [5, 5.41) is 20.5. The molecule has 1 fully saturated rings. The van der Waals surface area contributed by atoms with Gasteiger partial charge in [0.2, 0.25) is 11.8 Å². The number of pyridine rings is 1. The van der Waals surface area contributed by atoms with Crippen molar-refractivity contribution >= 4 is 11.6 Å². The monoisotopic (exact) mass is 286 g/mol. The molecule has 21 heavy (non-hydrogen) atoms. The van der Waals surface area contributed by atoms with Gasteiger partial charge in [-0.25, -0.2) is 0 Å². The third-order valence-electron chi connectivity index (χ3n) is 3.46. The van der Waals surface area contributed by atoms with Crippen LogP contribution in [0.1, 0.15) is 11.9 Å². The first-order valence-corrected chi connectivity index (χ1v) is 6.71. The molecule has 0 spiro atoms. The van der Waals surface area contributed by atoms with E-state index in [-0.39, 0.29) is 6.10 Å². The van der Waals surface area contributed by atoms with Crippen LogP contribution < -0.4 is 4.90 Å². The average Bonchev–Trinajstić information content (AvgIpc) is 3.13. The number of anilines is 1. The van der Waals surface area contributed by atoms with Crippen LogP contribution in [0.3, 0.4) is 0 Å². The van der Waals surface area contributed by atoms with E-state index in [1.165, 1.54) is 4.80 Å². The molecule has 9 nitrogen and oxygen atoms in total. The number of fused-ring (bicyclic) bond motifs is 1. The van der Waals surface area contributed by atoms with Gasteiger partial charge in [0.15, 0.2) is 5.65 Å². The Hall–Kier alpha value is -2.55. The molecule has 3 aromatic heterocycles. The van der Waals surface area contributed by atoms with Gasteiger partial charge in [-0.05, 0) is 17.3 Å². The lowest BCUT2D eigenvalue weighted by Crippen LogP contribution is -2.39. The predicted molar refractivity (Wildman–Crippen MR) is 72.7 cm³/mol. The summed E-state index contributed by atoms with van der Waals surface area (Å²) in [4.78, 5) is 3.56. The fraction of sp³-hybridized carbons (Fsp3) is 0.417. The molecule has 108 valence electrons. The lowest BCUT2D eigenvalue weighted by Gasteiger charge is -2.31. The summed E-state index contributed by atoms with van der Waals surface area (Å²) in [5.41, 5.74) is 0.827.